The van der Waals surface area contributed by atoms with E-state index in [9.17, 15) is 0 Å². The summed E-state index contributed by atoms with van der Waals surface area (Å²) >= 11 is 0. The fourth-order valence-corrected chi connectivity index (χ4v) is 9.53. The Labute approximate surface area is 339 Å². The summed E-state index contributed by atoms with van der Waals surface area (Å²) in [6.45, 7) is 4.63. The molecule has 0 unspecified atom stereocenters. The molecule has 0 nitrogen and oxygen atoms in total. The number of benzene rings is 7. The van der Waals surface area contributed by atoms with Crippen molar-refractivity contribution < 1.29 is 0 Å². The van der Waals surface area contributed by atoms with E-state index in [0.29, 0.717) is 0 Å². The van der Waals surface area contributed by atoms with Gasteiger partial charge in [-0.05, 0) is 138 Å². The lowest BCUT2D eigenvalue weighted by atomic mass is 9.84. The summed E-state index contributed by atoms with van der Waals surface area (Å²) in [4.78, 5) is 0. The van der Waals surface area contributed by atoms with Gasteiger partial charge in [-0.2, -0.15) is 0 Å². The fraction of sp³-hybridized carbons (Fsp3) is 0.429. The van der Waals surface area contributed by atoms with E-state index in [1.807, 2.05) is 0 Å². The van der Waals surface area contributed by atoms with Crippen LogP contribution in [0, 0.1) is 0 Å². The van der Waals surface area contributed by atoms with Crippen LogP contribution in [0.3, 0.4) is 0 Å². The van der Waals surface area contributed by atoms with Crippen LogP contribution in [0.15, 0.2) is 109 Å². The molecule has 0 aliphatic carbocycles. The van der Waals surface area contributed by atoms with Crippen molar-refractivity contribution in [2.75, 3.05) is 0 Å². The summed E-state index contributed by atoms with van der Waals surface area (Å²) in [6, 6.07) is 42.2. The highest BCUT2D eigenvalue weighted by molar-refractivity contribution is 6.18. The number of aryl methyl sites for hydroxylation is 1. The van der Waals surface area contributed by atoms with E-state index in [1.54, 1.807) is 11.1 Å². The molecule has 0 bridgehead atoms. The van der Waals surface area contributed by atoms with Crippen LogP contribution in [0.1, 0.15) is 153 Å². The second-order valence-corrected chi connectivity index (χ2v) is 17.1. The van der Waals surface area contributed by atoms with Crippen LogP contribution >= 0.6 is 0 Å². The first-order valence-corrected chi connectivity index (χ1v) is 23.1. The molecule has 7 aromatic rings. The lowest BCUT2D eigenvalue weighted by Gasteiger charge is -2.20. The monoisotopic (exact) mass is 741 g/mol. The van der Waals surface area contributed by atoms with Gasteiger partial charge in [-0.3, -0.25) is 0 Å². The standard InChI is InChI=1S/C56H68/c1-3-5-7-9-11-13-15-17-19-22-32-46-39-51-40-48-35-34-47-38-49-36-44-30-26-27-31-45(44)37-50(49)41-53(47)54(48)42-55(51)56(43-28-23-21-24-29-43)52(46)33-25-20-18-16-14-12-10-8-6-4-2/h21,23-24,26-31,34-42H,3-20,22,25,32-33H2,1-2H3. The van der Waals surface area contributed by atoms with Gasteiger partial charge in [0.1, 0.15) is 0 Å². The number of hydrogen-bond donors (Lipinski definition) is 0. The Balaban J connectivity index is 1.21. The zero-order valence-electron chi connectivity index (χ0n) is 34.9. The van der Waals surface area contributed by atoms with Crippen LogP contribution in [0.2, 0.25) is 0 Å². The van der Waals surface area contributed by atoms with E-state index < -0.39 is 0 Å². The van der Waals surface area contributed by atoms with Gasteiger partial charge < -0.3 is 0 Å². The van der Waals surface area contributed by atoms with Crippen molar-refractivity contribution in [3.05, 3.63) is 120 Å². The minimum atomic E-state index is 1.18. The average molecular weight is 741 g/mol. The van der Waals surface area contributed by atoms with Crippen molar-refractivity contribution in [1.82, 2.24) is 0 Å². The third-order valence-electron chi connectivity index (χ3n) is 12.8. The van der Waals surface area contributed by atoms with E-state index in [2.05, 4.69) is 123 Å². The van der Waals surface area contributed by atoms with Gasteiger partial charge in [0.15, 0.2) is 0 Å². The number of rotatable bonds is 23. The fourth-order valence-electron chi connectivity index (χ4n) is 9.53. The zero-order valence-corrected chi connectivity index (χ0v) is 34.9. The Morgan fingerprint density at radius 3 is 1.32 bits per heavy atom. The molecule has 0 N–H and O–H groups in total. The number of unbranched alkanes of at least 4 members (excludes halogenated alkanes) is 18. The average Bonchev–Trinajstić information content (AvgIpc) is 3.23. The highest BCUT2D eigenvalue weighted by Gasteiger charge is 2.17. The van der Waals surface area contributed by atoms with Gasteiger partial charge in [0.2, 0.25) is 0 Å². The molecule has 292 valence electrons. The highest BCUT2D eigenvalue weighted by atomic mass is 14.2. The van der Waals surface area contributed by atoms with Crippen LogP contribution in [-0.4, -0.2) is 0 Å². The molecule has 0 fully saturated rings. The van der Waals surface area contributed by atoms with Crippen LogP contribution in [0.25, 0.3) is 65.0 Å². The second kappa shape index (κ2) is 20.8. The number of hydrogen-bond acceptors (Lipinski definition) is 0. The SMILES string of the molecule is CCCCCCCCCCCCc1cc2cc3ccc4cc5cc6ccccc6cc5cc4c3cc2c(-c2ccccc2)c1CCCCCCCCCCCC. The van der Waals surface area contributed by atoms with Crippen molar-refractivity contribution in [3.63, 3.8) is 0 Å². The van der Waals surface area contributed by atoms with Gasteiger partial charge in [-0.1, -0.05) is 202 Å². The first-order valence-electron chi connectivity index (χ1n) is 23.1. The van der Waals surface area contributed by atoms with Crippen molar-refractivity contribution in [3.8, 4) is 11.1 Å². The summed E-state index contributed by atoms with van der Waals surface area (Å²) in [6.07, 6.45) is 30.0. The van der Waals surface area contributed by atoms with Gasteiger partial charge in [0, 0.05) is 0 Å². The molecular weight excluding hydrogens is 673 g/mol. The van der Waals surface area contributed by atoms with E-state index in [-0.39, 0.29) is 0 Å². The lowest BCUT2D eigenvalue weighted by molar-refractivity contribution is 0.553. The Morgan fingerprint density at radius 2 is 0.750 bits per heavy atom. The molecule has 0 aliphatic heterocycles. The lowest BCUT2D eigenvalue weighted by Crippen LogP contribution is -2.01. The van der Waals surface area contributed by atoms with E-state index in [1.165, 1.54) is 206 Å². The second-order valence-electron chi connectivity index (χ2n) is 17.1. The Hall–Kier alpha value is -4.16. The first kappa shape index (κ1) is 40.1. The molecule has 0 amide bonds. The van der Waals surface area contributed by atoms with Crippen LogP contribution in [-0.2, 0) is 12.8 Å². The molecule has 7 aromatic carbocycles. The molecule has 0 heterocycles. The third-order valence-corrected chi connectivity index (χ3v) is 12.8. The summed E-state index contributed by atoms with van der Waals surface area (Å²) < 4.78 is 0. The highest BCUT2D eigenvalue weighted by Crippen LogP contribution is 2.41. The maximum Gasteiger partial charge on any atom is -0.00703 e. The first-order chi connectivity index (χ1) is 27.7. The zero-order chi connectivity index (χ0) is 38.4. The molecule has 0 spiro atoms. The van der Waals surface area contributed by atoms with Crippen LogP contribution in [0.4, 0.5) is 0 Å². The van der Waals surface area contributed by atoms with Crippen LogP contribution < -0.4 is 0 Å². The topological polar surface area (TPSA) is 0 Å². The molecule has 7 rings (SSSR count). The maximum absolute atomic E-state index is 2.61. The number of fused-ring (bicyclic) bond motifs is 6. The maximum atomic E-state index is 2.61. The minimum absolute atomic E-state index is 1.18. The van der Waals surface area contributed by atoms with Crippen molar-refractivity contribution in [2.24, 2.45) is 0 Å². The molecule has 0 atom stereocenters. The molecular formula is C56H68. The summed E-state index contributed by atoms with van der Waals surface area (Å²) in [5.74, 6) is 0. The van der Waals surface area contributed by atoms with Gasteiger partial charge in [0.05, 0.1) is 0 Å². The van der Waals surface area contributed by atoms with Gasteiger partial charge in [-0.15, -0.1) is 0 Å². The summed E-state index contributed by atoms with van der Waals surface area (Å²) in [5, 5.41) is 13.5. The van der Waals surface area contributed by atoms with Gasteiger partial charge >= 0.3 is 0 Å². The normalized spacial score (nSPS) is 11.9. The molecule has 0 saturated heterocycles. The summed E-state index contributed by atoms with van der Waals surface area (Å²) in [7, 11) is 0. The predicted molar refractivity (Wildman–Crippen MR) is 251 cm³/mol. The smallest absolute Gasteiger partial charge is 0.00703 e. The Bertz CT molecular complexity index is 2290. The van der Waals surface area contributed by atoms with Crippen LogP contribution in [0.5, 0.6) is 0 Å². The van der Waals surface area contributed by atoms with E-state index in [0.717, 1.165) is 0 Å². The molecule has 0 saturated carbocycles. The van der Waals surface area contributed by atoms with Gasteiger partial charge in [0.25, 0.3) is 0 Å². The molecule has 56 heavy (non-hydrogen) atoms. The Kier molecular flexibility index (Phi) is 14.9. The quantitative estimate of drug-likeness (QED) is 0.0348. The largest absolute Gasteiger partial charge is 0.0654 e. The molecule has 0 heteroatoms. The third kappa shape index (κ3) is 10.2. The Morgan fingerprint density at radius 1 is 0.304 bits per heavy atom. The van der Waals surface area contributed by atoms with Gasteiger partial charge in [-0.25, -0.2) is 0 Å². The predicted octanol–water partition coefficient (Wildman–Crippen LogP) is 18.0. The van der Waals surface area contributed by atoms with E-state index in [4.69, 9.17) is 0 Å². The van der Waals surface area contributed by atoms with Crippen molar-refractivity contribution in [1.29, 1.82) is 0 Å². The molecule has 0 radical (unpaired) electrons. The molecule has 0 aliphatic rings. The minimum Gasteiger partial charge on any atom is -0.0654 e. The summed E-state index contributed by atoms with van der Waals surface area (Å²) in [5.41, 5.74) is 6.09. The van der Waals surface area contributed by atoms with Crippen molar-refractivity contribution >= 4 is 53.9 Å². The van der Waals surface area contributed by atoms with E-state index >= 15 is 0 Å². The molecule has 0 aromatic heterocycles. The van der Waals surface area contributed by atoms with Crippen molar-refractivity contribution in [2.45, 2.75) is 155 Å².